The SMILES string of the molecule is COC(=O)CC(=O)c1cc(C)[c-]c(C)c1.Cc1[c-]c(C)cc(C(=O)Cl)c1.Cc1[c-]c(C)cc(C(=O)O)c1.Cc1[c-]c(C)cc(C(N)=O)c1.Cc1[c-]c(C)cc(C)c1.Cc1[c-]c(C)cc(OS(=O)(=O)C(F)(F)F)c1.P.P.P.P.P.P.[Y].[Y].[Y].[Y].[Y].[Y]. The van der Waals surface area contributed by atoms with Gasteiger partial charge in [0.1, 0.15) is 12.2 Å². The summed E-state index contributed by atoms with van der Waals surface area (Å²) in [6, 6.07) is 38.3. The van der Waals surface area contributed by atoms with Crippen molar-refractivity contribution in [2.45, 2.75) is 102 Å². The molecule has 0 bridgehead atoms. The number of aryl methyl sites for hydroxylation is 13. The maximum Gasteiger partial charge on any atom is 0.534 e. The Bertz CT molecular complexity index is 2790. The second-order valence-electron chi connectivity index (χ2n) is 16.7. The van der Waals surface area contributed by atoms with Crippen LogP contribution in [0, 0.1) is 126 Å². The molecule has 0 saturated carbocycles. The molecule has 0 aromatic heterocycles. The van der Waals surface area contributed by atoms with Crippen molar-refractivity contribution < 1.29 is 256 Å². The summed E-state index contributed by atoms with van der Waals surface area (Å²) < 4.78 is 65.8. The summed E-state index contributed by atoms with van der Waals surface area (Å²) in [6.07, 6.45) is -0.209. The molecule has 0 aliphatic heterocycles. The second kappa shape index (κ2) is 57.5. The molecule has 6 rings (SSSR count). The van der Waals surface area contributed by atoms with E-state index in [0.717, 1.165) is 56.6 Å². The van der Waals surface area contributed by atoms with E-state index >= 15 is 0 Å². The Balaban J connectivity index is -0.0000000738. The van der Waals surface area contributed by atoms with E-state index in [4.69, 9.17) is 22.4 Å². The van der Waals surface area contributed by atoms with Crippen LogP contribution < -0.4 is 9.92 Å². The molecule has 3 N–H and O–H groups in total. The molecule has 0 saturated heterocycles. The van der Waals surface area contributed by atoms with E-state index in [1.807, 2.05) is 55.4 Å². The number of hydrogen-bond donors (Lipinski definition) is 2. The van der Waals surface area contributed by atoms with E-state index < -0.39 is 32.8 Å². The number of methoxy groups -OCH3 is 1. The number of nitrogens with two attached hydrogens (primary N) is 1. The van der Waals surface area contributed by atoms with Crippen LogP contribution in [0.5, 0.6) is 5.75 Å². The number of ether oxygens (including phenoxy) is 1. The third-order valence-electron chi connectivity index (χ3n) is 9.05. The first-order chi connectivity index (χ1) is 33.6. The first-order valence-corrected chi connectivity index (χ1v) is 23.7. The molecule has 11 nitrogen and oxygen atoms in total. The topological polar surface area (TPSA) is 184 Å². The van der Waals surface area contributed by atoms with Gasteiger partial charge in [-0.1, -0.05) is 107 Å². The first-order valence-electron chi connectivity index (χ1n) is 21.9. The van der Waals surface area contributed by atoms with Crippen LogP contribution in [0.25, 0.3) is 0 Å². The molecule has 0 heterocycles. The predicted molar refractivity (Wildman–Crippen MR) is 342 cm³/mol. The van der Waals surface area contributed by atoms with Crippen LogP contribution in [0.4, 0.5) is 13.2 Å². The van der Waals surface area contributed by atoms with Gasteiger partial charge >= 0.3 is 27.6 Å². The van der Waals surface area contributed by atoms with Gasteiger partial charge in [0.15, 0.2) is 0 Å². The molecule has 0 aliphatic carbocycles. The molecule has 6 aromatic carbocycles. The number of carboxylic acid groups (broad SMARTS) is 1. The van der Waals surface area contributed by atoms with Gasteiger partial charge in [-0.25, -0.2) is 4.79 Å². The van der Waals surface area contributed by atoms with Crippen LogP contribution in [0.15, 0.2) is 72.8 Å². The van der Waals surface area contributed by atoms with Crippen LogP contribution in [0.1, 0.15) is 120 Å². The molecule has 0 spiro atoms. The van der Waals surface area contributed by atoms with Crippen LogP contribution >= 0.6 is 71.0 Å². The minimum Gasteiger partial charge on any atom is -0.479 e. The number of Topliss-reactive ketones (excluding diaryl/α,β-unsaturated/α-hetero) is 1. The standard InChI is InChI=1S/C12H13O3.C9H8ClO.C9H8F3O3S.C9H10NO.C9H9O2.C9H11.6H3P.6Y/c1-8-4-9(2)6-10(5-8)11(13)7-12(14)15-3;1-6-3-7(2)5-8(4-6)9(10)11;1-6-3-7(2)5-8(4-6)15-16(13,14)9(10,11)12;2*1-6-3-7(2)5-8(4-6)9(10)11;1-7-4-8(2)6-9(3)5-7;;;;;;;;;;;;/h5-6H,7H2,1-3H3;4-5H,1-2H3;4-5H,1-2H3;4-5H,1-2H3,(H2,10,11);4-5H,1-2H3,(H,10,11);4-5H,1-3H3;6*1H3;;;;;;/q6*-1;;;;;;;;;;;;. The second-order valence-corrected chi connectivity index (χ2v) is 18.6. The fourth-order valence-electron chi connectivity index (χ4n) is 6.59. The normalized spacial score (nSPS) is 8.87. The number of aromatic carboxylic acids is 1. The third kappa shape index (κ3) is 50.2. The maximum atomic E-state index is 12.0. The van der Waals surface area contributed by atoms with Crippen molar-refractivity contribution in [1.82, 2.24) is 0 Å². The van der Waals surface area contributed by atoms with Gasteiger partial charge in [0, 0.05) is 202 Å². The van der Waals surface area contributed by atoms with Crippen molar-refractivity contribution >= 4 is 110 Å². The average Bonchev–Trinajstić information content (AvgIpc) is 3.22. The molecular formula is C57H77ClF3NO10P6SY6-6. The molecule has 28 heteroatoms. The molecule has 0 aliphatic rings. The van der Waals surface area contributed by atoms with Crippen molar-refractivity contribution in [3.8, 4) is 5.75 Å². The number of carboxylic acids is 1. The molecule has 0 fully saturated rings. The summed E-state index contributed by atoms with van der Waals surface area (Å²) in [6.45, 7) is 24.3. The molecule has 6 atom stereocenters. The molecule has 6 unspecified atom stereocenters. The number of amides is 1. The number of benzene rings is 6. The zero-order valence-corrected chi connectivity index (χ0v) is 78.0. The summed E-state index contributed by atoms with van der Waals surface area (Å²) in [7, 11) is -4.33. The zero-order chi connectivity index (χ0) is 56.1. The number of carbonyl (C=O) groups is 5. The summed E-state index contributed by atoms with van der Waals surface area (Å²) >= 11 is 5.29. The minimum absolute atomic E-state index is 0. The Hall–Kier alpha value is 2.10. The van der Waals surface area contributed by atoms with Gasteiger partial charge < -0.3 is 19.8 Å². The number of rotatable bonds is 8. The van der Waals surface area contributed by atoms with Gasteiger partial charge in [0.25, 0.3) is 0 Å². The van der Waals surface area contributed by atoms with E-state index in [2.05, 4.69) is 78.2 Å². The third-order valence-corrected chi connectivity index (χ3v) is 10.2. The largest absolute Gasteiger partial charge is 0.534 e. The maximum absolute atomic E-state index is 12.0. The van der Waals surface area contributed by atoms with Gasteiger partial charge in [-0.05, 0) is 17.2 Å². The summed E-state index contributed by atoms with van der Waals surface area (Å²) in [5, 5.41) is 8.21. The smallest absolute Gasteiger partial charge is 0.479 e. The van der Waals surface area contributed by atoms with Crippen molar-refractivity contribution in [1.29, 1.82) is 0 Å². The van der Waals surface area contributed by atoms with E-state index in [0.29, 0.717) is 33.4 Å². The predicted octanol–water partition coefficient (Wildman–Crippen LogP) is 12.4. The number of ketones is 1. The fourth-order valence-corrected chi connectivity index (χ4v) is 7.15. The summed E-state index contributed by atoms with van der Waals surface area (Å²) in [5.41, 5.74) is 13.7. The Labute approximate surface area is 679 Å². The Morgan fingerprint density at radius 1 is 0.471 bits per heavy atom. The minimum atomic E-state index is -5.60. The van der Waals surface area contributed by atoms with Gasteiger partial charge in [0.2, 0.25) is 11.1 Å². The number of esters is 1. The number of hydrogen-bond acceptors (Lipinski definition) is 9. The van der Waals surface area contributed by atoms with E-state index in [-0.39, 0.29) is 280 Å². The molecule has 458 valence electrons. The number of primary amides is 1. The fraction of sp³-hybridized carbons (Fsp3) is 0.281. The number of carbonyl (C=O) groups excluding carboxylic acids is 4. The Kier molecular flexibility index (Phi) is 77.5. The van der Waals surface area contributed by atoms with Crippen LogP contribution in [-0.2, 0) is 216 Å². The molecular weight excluding hydrogens is 1700 g/mol. The monoisotopic (exact) mass is 1780 g/mol. The van der Waals surface area contributed by atoms with Crippen LogP contribution in [0.2, 0.25) is 0 Å². The van der Waals surface area contributed by atoms with E-state index in [1.165, 1.54) is 23.8 Å². The van der Waals surface area contributed by atoms with Crippen LogP contribution in [0.3, 0.4) is 0 Å². The van der Waals surface area contributed by atoms with Gasteiger partial charge in [-0.2, -0.15) is 250 Å². The van der Waals surface area contributed by atoms with E-state index in [1.54, 1.807) is 62.4 Å². The first kappa shape index (κ1) is 114. The van der Waals surface area contributed by atoms with Crippen molar-refractivity contribution in [3.63, 3.8) is 0 Å². The Morgan fingerprint density at radius 2 is 0.718 bits per heavy atom. The number of alkyl halides is 3. The molecule has 85 heavy (non-hydrogen) atoms. The van der Waals surface area contributed by atoms with Gasteiger partial charge in [-0.15, -0.1) is 12.1 Å². The zero-order valence-electron chi connectivity index (χ0n) is 51.0. The molecule has 1 amide bonds. The average molecular weight is 1780 g/mol. The van der Waals surface area contributed by atoms with Crippen molar-refractivity contribution in [2.24, 2.45) is 5.73 Å². The summed E-state index contributed by atoms with van der Waals surface area (Å²) in [4.78, 5) is 54.4. The molecule has 6 aromatic rings. The van der Waals surface area contributed by atoms with Crippen LogP contribution in [-0.4, -0.2) is 55.0 Å². The van der Waals surface area contributed by atoms with Gasteiger partial charge in [-0.3, -0.25) is 19.2 Å². The van der Waals surface area contributed by atoms with Crippen molar-refractivity contribution in [2.75, 3.05) is 7.11 Å². The van der Waals surface area contributed by atoms with Gasteiger partial charge in [0.05, 0.1) is 7.11 Å². The number of halogens is 4. The van der Waals surface area contributed by atoms with Crippen molar-refractivity contribution in [3.05, 3.63) is 204 Å². The Morgan fingerprint density at radius 3 is 0.953 bits per heavy atom. The van der Waals surface area contributed by atoms with E-state index in [9.17, 15) is 45.6 Å². The molecule has 6 radical (unpaired) electrons. The quantitative estimate of drug-likeness (QED) is 0.0217. The summed E-state index contributed by atoms with van der Waals surface area (Å²) in [5.74, 6) is -2.37.